The summed E-state index contributed by atoms with van der Waals surface area (Å²) in [4.78, 5) is 14.4. The zero-order chi connectivity index (χ0) is 14.7. The van der Waals surface area contributed by atoms with Gasteiger partial charge in [0, 0.05) is 24.6 Å². The van der Waals surface area contributed by atoms with Crippen LogP contribution >= 0.6 is 0 Å². The molecule has 1 atom stereocenters. The Hall–Kier alpha value is -2.29. The second kappa shape index (κ2) is 6.00. The Morgan fingerprint density at radius 2 is 2.05 bits per heavy atom. The van der Waals surface area contributed by atoms with Gasteiger partial charge < -0.3 is 9.32 Å². The van der Waals surface area contributed by atoms with Crippen LogP contribution in [0, 0.1) is 0 Å². The van der Waals surface area contributed by atoms with Crippen molar-refractivity contribution >= 4 is 12.0 Å². The van der Waals surface area contributed by atoms with E-state index in [0.717, 1.165) is 36.4 Å². The number of nitrogens with zero attached hydrogens (tertiary/aromatic N) is 1. The molecule has 0 aliphatic carbocycles. The lowest BCUT2D eigenvalue weighted by atomic mass is 10.1. The zero-order valence-corrected chi connectivity index (χ0v) is 12.2. The first-order chi connectivity index (χ1) is 10.2. The van der Waals surface area contributed by atoms with Crippen molar-refractivity contribution in [1.29, 1.82) is 0 Å². The summed E-state index contributed by atoms with van der Waals surface area (Å²) in [5.41, 5.74) is 1.84. The lowest BCUT2D eigenvalue weighted by Gasteiger charge is -2.16. The standard InChI is InChI=1S/C18H19NO2/c1-14(12-15-6-3-2-4-7-15)18(20)19-10-9-16(13-19)17-8-5-11-21-17/h2-8,11-12,16H,9-10,13H2,1H3/b14-12+. The minimum atomic E-state index is 0.118. The lowest BCUT2D eigenvalue weighted by Crippen LogP contribution is -2.28. The Balaban J connectivity index is 1.67. The highest BCUT2D eigenvalue weighted by Gasteiger charge is 2.29. The minimum absolute atomic E-state index is 0.118. The summed E-state index contributed by atoms with van der Waals surface area (Å²) in [5, 5.41) is 0. The number of likely N-dealkylation sites (tertiary alicyclic amines) is 1. The molecule has 1 unspecified atom stereocenters. The average Bonchev–Trinajstić information content (AvgIpc) is 3.18. The number of carbonyl (C=O) groups excluding carboxylic acids is 1. The molecule has 21 heavy (non-hydrogen) atoms. The van der Waals surface area contributed by atoms with Crippen molar-refractivity contribution in [3.63, 3.8) is 0 Å². The van der Waals surface area contributed by atoms with Crippen LogP contribution in [0.4, 0.5) is 0 Å². The molecule has 1 aliphatic rings. The third-order valence-corrected chi connectivity index (χ3v) is 3.94. The van der Waals surface area contributed by atoms with Crippen molar-refractivity contribution in [2.75, 3.05) is 13.1 Å². The van der Waals surface area contributed by atoms with Gasteiger partial charge in [0.05, 0.1) is 6.26 Å². The molecule has 0 N–H and O–H groups in total. The van der Waals surface area contributed by atoms with Crippen LogP contribution in [0.25, 0.3) is 6.08 Å². The summed E-state index contributed by atoms with van der Waals surface area (Å²) in [5.74, 6) is 1.43. The predicted octanol–water partition coefficient (Wildman–Crippen LogP) is 3.70. The number of amides is 1. The summed E-state index contributed by atoms with van der Waals surface area (Å²) in [6.07, 6.45) is 4.61. The van der Waals surface area contributed by atoms with Gasteiger partial charge in [-0.1, -0.05) is 30.3 Å². The van der Waals surface area contributed by atoms with E-state index in [1.54, 1.807) is 6.26 Å². The number of hydrogen-bond donors (Lipinski definition) is 0. The van der Waals surface area contributed by atoms with E-state index < -0.39 is 0 Å². The second-order valence-corrected chi connectivity index (χ2v) is 5.49. The van der Waals surface area contributed by atoms with Gasteiger partial charge in [-0.2, -0.15) is 0 Å². The van der Waals surface area contributed by atoms with E-state index in [4.69, 9.17) is 4.42 Å². The molecular weight excluding hydrogens is 262 g/mol. The highest BCUT2D eigenvalue weighted by atomic mass is 16.3. The minimum Gasteiger partial charge on any atom is -0.469 e. The van der Waals surface area contributed by atoms with Crippen LogP contribution in [-0.2, 0) is 4.79 Å². The Morgan fingerprint density at radius 1 is 1.24 bits per heavy atom. The second-order valence-electron chi connectivity index (χ2n) is 5.49. The van der Waals surface area contributed by atoms with E-state index in [1.165, 1.54) is 0 Å². The molecule has 1 aromatic heterocycles. The maximum Gasteiger partial charge on any atom is 0.249 e. The van der Waals surface area contributed by atoms with Gasteiger partial charge >= 0.3 is 0 Å². The fraction of sp³-hybridized carbons (Fsp3) is 0.278. The van der Waals surface area contributed by atoms with Gasteiger partial charge in [-0.25, -0.2) is 0 Å². The van der Waals surface area contributed by atoms with Gasteiger partial charge in [-0.3, -0.25) is 4.79 Å². The Bertz CT molecular complexity index is 629. The number of carbonyl (C=O) groups is 1. The molecule has 3 rings (SSSR count). The van der Waals surface area contributed by atoms with Crippen LogP contribution in [0.1, 0.15) is 30.6 Å². The SMILES string of the molecule is C/C(=C\c1ccccc1)C(=O)N1CCC(c2ccco2)C1. The monoisotopic (exact) mass is 281 g/mol. The molecule has 1 aliphatic heterocycles. The van der Waals surface area contributed by atoms with Crippen LogP contribution in [0.15, 0.2) is 58.7 Å². The quantitative estimate of drug-likeness (QED) is 0.804. The molecule has 3 heteroatoms. The lowest BCUT2D eigenvalue weighted by molar-refractivity contribution is -0.126. The number of benzene rings is 1. The van der Waals surface area contributed by atoms with Crippen molar-refractivity contribution in [2.24, 2.45) is 0 Å². The van der Waals surface area contributed by atoms with Crippen LogP contribution in [0.2, 0.25) is 0 Å². The molecule has 2 heterocycles. The van der Waals surface area contributed by atoms with Crippen molar-refractivity contribution in [2.45, 2.75) is 19.3 Å². The molecule has 2 aromatic rings. The van der Waals surface area contributed by atoms with E-state index in [0.29, 0.717) is 5.92 Å². The van der Waals surface area contributed by atoms with Gasteiger partial charge in [0.15, 0.2) is 0 Å². The topological polar surface area (TPSA) is 33.5 Å². The van der Waals surface area contributed by atoms with Crippen molar-refractivity contribution < 1.29 is 9.21 Å². The van der Waals surface area contributed by atoms with Crippen molar-refractivity contribution in [3.8, 4) is 0 Å². The third-order valence-electron chi connectivity index (χ3n) is 3.94. The first-order valence-electron chi connectivity index (χ1n) is 7.30. The molecule has 1 amide bonds. The fourth-order valence-electron chi connectivity index (χ4n) is 2.81. The van der Waals surface area contributed by atoms with Crippen LogP contribution in [-0.4, -0.2) is 23.9 Å². The molecule has 0 bridgehead atoms. The van der Waals surface area contributed by atoms with E-state index in [-0.39, 0.29) is 5.91 Å². The highest BCUT2D eigenvalue weighted by molar-refractivity contribution is 5.97. The zero-order valence-electron chi connectivity index (χ0n) is 12.2. The molecular formula is C18H19NO2. The molecule has 3 nitrogen and oxygen atoms in total. The first kappa shape index (κ1) is 13.7. The van der Waals surface area contributed by atoms with Crippen molar-refractivity contribution in [3.05, 3.63) is 65.6 Å². The average molecular weight is 281 g/mol. The molecule has 0 saturated carbocycles. The summed E-state index contributed by atoms with van der Waals surface area (Å²) < 4.78 is 5.45. The van der Waals surface area contributed by atoms with Gasteiger partial charge in [0.25, 0.3) is 0 Å². The molecule has 1 saturated heterocycles. The van der Waals surface area contributed by atoms with Gasteiger partial charge in [0.2, 0.25) is 5.91 Å². The maximum absolute atomic E-state index is 12.5. The van der Waals surface area contributed by atoms with Crippen LogP contribution < -0.4 is 0 Å². The third kappa shape index (κ3) is 3.07. The van der Waals surface area contributed by atoms with E-state index in [2.05, 4.69) is 0 Å². The molecule has 1 fully saturated rings. The first-order valence-corrected chi connectivity index (χ1v) is 7.30. The predicted molar refractivity (Wildman–Crippen MR) is 82.7 cm³/mol. The van der Waals surface area contributed by atoms with Gasteiger partial charge in [0.1, 0.15) is 5.76 Å². The number of hydrogen-bond acceptors (Lipinski definition) is 2. The summed E-state index contributed by atoms with van der Waals surface area (Å²) in [6.45, 7) is 3.42. The molecule has 0 radical (unpaired) electrons. The van der Waals surface area contributed by atoms with E-state index in [9.17, 15) is 4.79 Å². The molecule has 0 spiro atoms. The normalized spacial score (nSPS) is 19.0. The Morgan fingerprint density at radius 3 is 2.76 bits per heavy atom. The van der Waals surface area contributed by atoms with Crippen LogP contribution in [0.5, 0.6) is 0 Å². The van der Waals surface area contributed by atoms with Gasteiger partial charge in [-0.05, 0) is 37.1 Å². The molecule has 1 aromatic carbocycles. The van der Waals surface area contributed by atoms with Crippen LogP contribution in [0.3, 0.4) is 0 Å². The Kier molecular flexibility index (Phi) is 3.91. The maximum atomic E-state index is 12.5. The summed E-state index contributed by atoms with van der Waals surface area (Å²) in [7, 11) is 0. The smallest absolute Gasteiger partial charge is 0.249 e. The van der Waals surface area contributed by atoms with Gasteiger partial charge in [-0.15, -0.1) is 0 Å². The fourth-order valence-corrected chi connectivity index (χ4v) is 2.81. The summed E-state index contributed by atoms with van der Waals surface area (Å²) in [6, 6.07) is 13.8. The Labute approximate surface area is 124 Å². The van der Waals surface area contributed by atoms with E-state index in [1.807, 2.05) is 60.4 Å². The number of furan rings is 1. The summed E-state index contributed by atoms with van der Waals surface area (Å²) >= 11 is 0. The number of rotatable bonds is 3. The van der Waals surface area contributed by atoms with E-state index >= 15 is 0 Å². The molecule has 108 valence electrons. The highest BCUT2D eigenvalue weighted by Crippen LogP contribution is 2.28. The largest absolute Gasteiger partial charge is 0.469 e. The van der Waals surface area contributed by atoms with Crippen molar-refractivity contribution in [1.82, 2.24) is 4.90 Å².